The van der Waals surface area contributed by atoms with Crippen LogP contribution in [-0.4, -0.2) is 18.0 Å². The second-order valence-electron chi connectivity index (χ2n) is 2.17. The summed E-state index contributed by atoms with van der Waals surface area (Å²) in [6.45, 7) is 0. The van der Waals surface area contributed by atoms with Crippen LogP contribution in [0.3, 0.4) is 0 Å². The average molecular weight is 195 g/mol. The number of carbonyl (C=O) groups is 1. The van der Waals surface area contributed by atoms with Crippen molar-refractivity contribution < 1.29 is 4.79 Å². The number of unbranched alkanes of at least 4 members (excludes halogenated alkanes) is 1. The first-order valence-electron chi connectivity index (χ1n) is 3.61. The Labute approximate surface area is 77.4 Å². The van der Waals surface area contributed by atoms with Crippen LogP contribution >= 0.6 is 23.2 Å². The summed E-state index contributed by atoms with van der Waals surface area (Å²) in [6.07, 6.45) is 5.21. The Morgan fingerprint density at radius 1 is 1.27 bits per heavy atom. The Balaban J connectivity index is 3.61. The lowest BCUT2D eigenvalue weighted by Crippen LogP contribution is -1.86. The van der Waals surface area contributed by atoms with Crippen LogP contribution in [0.5, 0.6) is 0 Å². The number of allylic oxidation sites excluding steroid dienone is 2. The quantitative estimate of drug-likeness (QED) is 0.275. The molecule has 0 spiro atoms. The summed E-state index contributed by atoms with van der Waals surface area (Å²) in [5, 5.41) is 0. The van der Waals surface area contributed by atoms with E-state index in [0.717, 1.165) is 24.7 Å². The number of halogens is 2. The van der Waals surface area contributed by atoms with Crippen LogP contribution in [0.4, 0.5) is 0 Å². The van der Waals surface area contributed by atoms with Crippen molar-refractivity contribution in [2.45, 2.75) is 19.3 Å². The molecule has 0 aliphatic rings. The van der Waals surface area contributed by atoms with E-state index < -0.39 is 0 Å². The Hall–Kier alpha value is -0.0100. The highest BCUT2D eigenvalue weighted by molar-refractivity contribution is 6.18. The summed E-state index contributed by atoms with van der Waals surface area (Å²) >= 11 is 10.9. The van der Waals surface area contributed by atoms with Gasteiger partial charge in [-0.05, 0) is 24.8 Å². The van der Waals surface area contributed by atoms with Gasteiger partial charge < -0.3 is 0 Å². The van der Waals surface area contributed by atoms with E-state index in [0.29, 0.717) is 18.2 Å². The minimum absolute atomic E-state index is 0.505. The summed E-state index contributed by atoms with van der Waals surface area (Å²) in [7, 11) is 0. The second kappa shape index (κ2) is 8.09. The molecule has 0 unspecified atom stereocenters. The lowest BCUT2D eigenvalue weighted by Gasteiger charge is -1.94. The van der Waals surface area contributed by atoms with E-state index in [-0.39, 0.29) is 0 Å². The fourth-order valence-electron chi connectivity index (χ4n) is 0.683. The Bertz CT molecular complexity index is 132. The minimum atomic E-state index is 0.505. The molecule has 0 fully saturated rings. The van der Waals surface area contributed by atoms with Gasteiger partial charge in [-0.2, -0.15) is 0 Å². The van der Waals surface area contributed by atoms with Crippen molar-refractivity contribution in [3.05, 3.63) is 11.6 Å². The predicted molar refractivity (Wildman–Crippen MR) is 49.4 cm³/mol. The molecule has 0 aromatic carbocycles. The molecule has 0 rings (SSSR count). The third-order valence-corrected chi connectivity index (χ3v) is 1.74. The maximum Gasteiger partial charge on any atom is 0.145 e. The monoisotopic (exact) mass is 194 g/mol. The Morgan fingerprint density at radius 3 is 2.45 bits per heavy atom. The molecular weight excluding hydrogens is 183 g/mol. The van der Waals surface area contributed by atoms with Crippen molar-refractivity contribution in [1.82, 2.24) is 0 Å². The van der Waals surface area contributed by atoms with Gasteiger partial charge in [-0.25, -0.2) is 0 Å². The molecule has 0 aliphatic carbocycles. The fraction of sp³-hybridized carbons (Fsp3) is 0.625. The molecule has 0 aliphatic heterocycles. The van der Waals surface area contributed by atoms with E-state index in [1.54, 1.807) is 0 Å². The van der Waals surface area contributed by atoms with Gasteiger partial charge in [-0.3, -0.25) is 4.79 Å². The maximum atomic E-state index is 10.3. The van der Waals surface area contributed by atoms with E-state index >= 15 is 0 Å². The number of hydrogen-bond acceptors (Lipinski definition) is 1. The molecule has 0 aromatic rings. The van der Waals surface area contributed by atoms with Crippen LogP contribution in [0.1, 0.15) is 19.3 Å². The summed E-state index contributed by atoms with van der Waals surface area (Å²) in [5.41, 5.74) is 0.783. The molecule has 0 atom stereocenters. The average Bonchev–Trinajstić information content (AvgIpc) is 2.03. The van der Waals surface area contributed by atoms with Gasteiger partial charge >= 0.3 is 0 Å². The molecule has 1 nitrogen and oxygen atoms in total. The van der Waals surface area contributed by atoms with Gasteiger partial charge in [-0.15, -0.1) is 23.2 Å². The molecule has 0 aromatic heterocycles. The van der Waals surface area contributed by atoms with Crippen molar-refractivity contribution in [2.75, 3.05) is 11.8 Å². The SMILES string of the molecule is O=CC(=CCCCCl)CCCl. The van der Waals surface area contributed by atoms with Crippen LogP contribution in [0.2, 0.25) is 0 Å². The number of alkyl halides is 2. The standard InChI is InChI=1S/C8H12Cl2O/c9-5-2-1-3-8(7-11)4-6-10/h3,7H,1-2,4-6H2. The van der Waals surface area contributed by atoms with E-state index in [2.05, 4.69) is 0 Å². The third kappa shape index (κ3) is 6.39. The van der Waals surface area contributed by atoms with Gasteiger partial charge in [-0.1, -0.05) is 6.08 Å². The third-order valence-electron chi connectivity index (χ3n) is 1.28. The lowest BCUT2D eigenvalue weighted by atomic mass is 10.2. The lowest BCUT2D eigenvalue weighted by molar-refractivity contribution is -0.105. The van der Waals surface area contributed by atoms with E-state index in [1.165, 1.54) is 0 Å². The summed E-state index contributed by atoms with van der Waals surface area (Å²) < 4.78 is 0. The molecular formula is C8H12Cl2O. The Morgan fingerprint density at radius 2 is 2.00 bits per heavy atom. The highest BCUT2D eigenvalue weighted by Gasteiger charge is 1.92. The van der Waals surface area contributed by atoms with Crippen molar-refractivity contribution in [3.8, 4) is 0 Å². The number of hydrogen-bond donors (Lipinski definition) is 0. The molecule has 0 heterocycles. The van der Waals surface area contributed by atoms with Crippen molar-refractivity contribution in [3.63, 3.8) is 0 Å². The summed E-state index contributed by atoms with van der Waals surface area (Å²) in [5.74, 6) is 1.15. The van der Waals surface area contributed by atoms with E-state index in [9.17, 15) is 4.79 Å². The molecule has 64 valence electrons. The van der Waals surface area contributed by atoms with Crippen LogP contribution in [0, 0.1) is 0 Å². The number of carbonyl (C=O) groups excluding carboxylic acids is 1. The van der Waals surface area contributed by atoms with Crippen molar-refractivity contribution >= 4 is 29.5 Å². The normalized spacial score (nSPS) is 11.6. The molecule has 0 radical (unpaired) electrons. The largest absolute Gasteiger partial charge is 0.298 e. The van der Waals surface area contributed by atoms with Gasteiger partial charge in [0.25, 0.3) is 0 Å². The highest BCUT2D eigenvalue weighted by atomic mass is 35.5. The first kappa shape index (κ1) is 11.0. The zero-order valence-corrected chi connectivity index (χ0v) is 7.87. The van der Waals surface area contributed by atoms with Gasteiger partial charge in [0.2, 0.25) is 0 Å². The molecule has 0 amide bonds. The number of aldehydes is 1. The van der Waals surface area contributed by atoms with Crippen molar-refractivity contribution in [2.24, 2.45) is 0 Å². The Kier molecular flexibility index (Phi) is 8.08. The van der Waals surface area contributed by atoms with Crippen LogP contribution < -0.4 is 0 Å². The fourth-order valence-corrected chi connectivity index (χ4v) is 1.06. The predicted octanol–water partition coefficient (Wildman–Crippen LogP) is 2.76. The summed E-state index contributed by atoms with van der Waals surface area (Å²) in [6, 6.07) is 0. The van der Waals surface area contributed by atoms with E-state index in [4.69, 9.17) is 23.2 Å². The van der Waals surface area contributed by atoms with Crippen molar-refractivity contribution in [1.29, 1.82) is 0 Å². The van der Waals surface area contributed by atoms with Gasteiger partial charge in [0.15, 0.2) is 0 Å². The summed E-state index contributed by atoms with van der Waals surface area (Å²) in [4.78, 5) is 10.3. The van der Waals surface area contributed by atoms with Crippen LogP contribution in [0.15, 0.2) is 11.6 Å². The topological polar surface area (TPSA) is 17.1 Å². The van der Waals surface area contributed by atoms with E-state index in [1.807, 2.05) is 6.08 Å². The number of rotatable bonds is 6. The molecule has 0 saturated heterocycles. The molecule has 0 bridgehead atoms. The zero-order valence-electron chi connectivity index (χ0n) is 6.35. The van der Waals surface area contributed by atoms with Gasteiger partial charge in [0.1, 0.15) is 6.29 Å². The highest BCUT2D eigenvalue weighted by Crippen LogP contribution is 2.03. The van der Waals surface area contributed by atoms with Gasteiger partial charge in [0.05, 0.1) is 0 Å². The first-order chi connectivity index (χ1) is 5.35. The van der Waals surface area contributed by atoms with Crippen LogP contribution in [-0.2, 0) is 4.79 Å². The molecule has 3 heteroatoms. The van der Waals surface area contributed by atoms with Crippen LogP contribution in [0.25, 0.3) is 0 Å². The molecule has 0 N–H and O–H groups in total. The second-order valence-corrected chi connectivity index (χ2v) is 2.92. The molecule has 11 heavy (non-hydrogen) atoms. The minimum Gasteiger partial charge on any atom is -0.298 e. The molecule has 0 saturated carbocycles. The first-order valence-corrected chi connectivity index (χ1v) is 4.68. The van der Waals surface area contributed by atoms with Gasteiger partial charge in [0, 0.05) is 11.8 Å². The maximum absolute atomic E-state index is 10.3. The smallest absolute Gasteiger partial charge is 0.145 e. The zero-order chi connectivity index (χ0) is 8.53.